The van der Waals surface area contributed by atoms with Crippen molar-refractivity contribution >= 4 is 27.5 Å². The third-order valence-corrected chi connectivity index (χ3v) is 2.44. The first kappa shape index (κ1) is 11.1. The van der Waals surface area contributed by atoms with Gasteiger partial charge in [-0.05, 0) is 28.4 Å². The zero-order valence-electron chi connectivity index (χ0n) is 7.83. The van der Waals surface area contributed by atoms with Crippen LogP contribution >= 0.6 is 15.9 Å². The molecule has 0 saturated carbocycles. The Kier molecular flexibility index (Phi) is 4.03. The maximum absolute atomic E-state index is 11.4. The van der Waals surface area contributed by atoms with Crippen LogP contribution in [0.1, 0.15) is 13.3 Å². The fourth-order valence-corrected chi connectivity index (χ4v) is 1.24. The molecular formula is C9H12BrN3O. The summed E-state index contributed by atoms with van der Waals surface area (Å²) in [6.07, 6.45) is 3.85. The zero-order valence-corrected chi connectivity index (χ0v) is 9.41. The second kappa shape index (κ2) is 5.07. The number of nitrogens with one attached hydrogen (secondary N) is 1. The second-order valence-electron chi connectivity index (χ2n) is 2.86. The lowest BCUT2D eigenvalue weighted by Crippen LogP contribution is -2.34. The maximum atomic E-state index is 11.4. The number of rotatable bonds is 3. The molecule has 0 radical (unpaired) electrons. The number of aromatic nitrogens is 1. The summed E-state index contributed by atoms with van der Waals surface area (Å²) in [5.41, 5.74) is 6.26. The highest BCUT2D eigenvalue weighted by atomic mass is 79.9. The lowest BCUT2D eigenvalue weighted by molar-refractivity contribution is -0.117. The zero-order chi connectivity index (χ0) is 10.6. The van der Waals surface area contributed by atoms with Crippen molar-refractivity contribution in [2.24, 2.45) is 5.73 Å². The van der Waals surface area contributed by atoms with E-state index in [2.05, 4.69) is 26.2 Å². The molecule has 0 bridgehead atoms. The molecule has 0 aliphatic rings. The minimum Gasteiger partial charge on any atom is -0.324 e. The third kappa shape index (κ3) is 2.78. The van der Waals surface area contributed by atoms with Crippen molar-refractivity contribution in [1.82, 2.24) is 4.98 Å². The average molecular weight is 258 g/mol. The van der Waals surface area contributed by atoms with Crippen LogP contribution in [-0.2, 0) is 4.79 Å². The van der Waals surface area contributed by atoms with E-state index in [1.54, 1.807) is 18.5 Å². The van der Waals surface area contributed by atoms with E-state index >= 15 is 0 Å². The molecule has 76 valence electrons. The highest BCUT2D eigenvalue weighted by Gasteiger charge is 2.11. The number of anilines is 1. The Labute approximate surface area is 91.0 Å². The van der Waals surface area contributed by atoms with Crippen LogP contribution in [0.15, 0.2) is 22.9 Å². The van der Waals surface area contributed by atoms with E-state index in [4.69, 9.17) is 5.73 Å². The summed E-state index contributed by atoms with van der Waals surface area (Å²) in [5, 5.41) is 2.71. The Bertz CT molecular complexity index is 330. The highest BCUT2D eigenvalue weighted by molar-refractivity contribution is 9.10. The van der Waals surface area contributed by atoms with E-state index in [0.717, 1.165) is 4.47 Å². The van der Waals surface area contributed by atoms with Gasteiger partial charge in [-0.3, -0.25) is 9.78 Å². The van der Waals surface area contributed by atoms with Crippen LogP contribution in [0.5, 0.6) is 0 Å². The summed E-state index contributed by atoms with van der Waals surface area (Å²) >= 11 is 3.28. The van der Waals surface area contributed by atoms with E-state index in [0.29, 0.717) is 12.1 Å². The number of carbonyl (C=O) groups is 1. The average Bonchev–Trinajstić information content (AvgIpc) is 2.20. The van der Waals surface area contributed by atoms with Crippen molar-refractivity contribution in [1.29, 1.82) is 0 Å². The van der Waals surface area contributed by atoms with Crippen LogP contribution in [0.2, 0.25) is 0 Å². The first-order chi connectivity index (χ1) is 6.65. The number of hydrogen-bond donors (Lipinski definition) is 2. The molecule has 1 amide bonds. The number of carbonyl (C=O) groups excluding carboxylic acids is 1. The lowest BCUT2D eigenvalue weighted by atomic mass is 10.2. The first-order valence-electron chi connectivity index (χ1n) is 4.31. The Morgan fingerprint density at radius 3 is 3.07 bits per heavy atom. The molecule has 1 aromatic rings. The van der Waals surface area contributed by atoms with E-state index in [9.17, 15) is 4.79 Å². The number of hydrogen-bond acceptors (Lipinski definition) is 3. The Balaban J connectivity index is 2.70. The van der Waals surface area contributed by atoms with Gasteiger partial charge in [-0.15, -0.1) is 0 Å². The van der Waals surface area contributed by atoms with Crippen molar-refractivity contribution in [3.63, 3.8) is 0 Å². The molecule has 1 rings (SSSR count). The van der Waals surface area contributed by atoms with Crippen LogP contribution in [0.3, 0.4) is 0 Å². The lowest BCUT2D eigenvalue weighted by Gasteiger charge is -2.10. The van der Waals surface area contributed by atoms with Crippen LogP contribution in [0.4, 0.5) is 5.69 Å². The molecule has 1 aromatic heterocycles. The number of nitrogens with two attached hydrogens (primary N) is 1. The number of halogens is 1. The summed E-state index contributed by atoms with van der Waals surface area (Å²) in [5.74, 6) is -0.181. The molecule has 3 N–H and O–H groups in total. The van der Waals surface area contributed by atoms with Crippen molar-refractivity contribution in [3.05, 3.63) is 22.9 Å². The number of pyridine rings is 1. The topological polar surface area (TPSA) is 68.0 Å². The molecule has 0 spiro atoms. The van der Waals surface area contributed by atoms with Gasteiger partial charge < -0.3 is 11.1 Å². The quantitative estimate of drug-likeness (QED) is 0.863. The SMILES string of the molecule is CC[C@@H](N)C(=O)Nc1ccncc1Br. The summed E-state index contributed by atoms with van der Waals surface area (Å²) < 4.78 is 0.747. The normalized spacial score (nSPS) is 12.2. The third-order valence-electron chi connectivity index (χ3n) is 1.81. The molecule has 0 unspecified atom stereocenters. The smallest absolute Gasteiger partial charge is 0.241 e. The predicted molar refractivity (Wildman–Crippen MR) is 58.8 cm³/mol. The Morgan fingerprint density at radius 2 is 2.50 bits per heavy atom. The van der Waals surface area contributed by atoms with E-state index in [-0.39, 0.29) is 5.91 Å². The van der Waals surface area contributed by atoms with Crippen LogP contribution in [0, 0.1) is 0 Å². The van der Waals surface area contributed by atoms with Crippen LogP contribution in [0.25, 0.3) is 0 Å². The molecule has 1 atom stereocenters. The van der Waals surface area contributed by atoms with Gasteiger partial charge in [-0.1, -0.05) is 6.92 Å². The molecule has 14 heavy (non-hydrogen) atoms. The minimum atomic E-state index is -0.463. The second-order valence-corrected chi connectivity index (χ2v) is 3.71. The van der Waals surface area contributed by atoms with E-state index in [1.165, 1.54) is 0 Å². The summed E-state index contributed by atoms with van der Waals surface area (Å²) in [6.45, 7) is 1.87. The molecule has 0 aliphatic carbocycles. The first-order valence-corrected chi connectivity index (χ1v) is 5.10. The summed E-state index contributed by atoms with van der Waals surface area (Å²) in [7, 11) is 0. The molecule has 5 heteroatoms. The molecular weight excluding hydrogens is 246 g/mol. The molecule has 0 aromatic carbocycles. The molecule has 0 aliphatic heterocycles. The maximum Gasteiger partial charge on any atom is 0.241 e. The van der Waals surface area contributed by atoms with Gasteiger partial charge in [0, 0.05) is 12.4 Å². The molecule has 0 fully saturated rings. The van der Waals surface area contributed by atoms with Crippen LogP contribution in [-0.4, -0.2) is 16.9 Å². The van der Waals surface area contributed by atoms with Crippen molar-refractivity contribution < 1.29 is 4.79 Å². The molecule has 1 heterocycles. The van der Waals surface area contributed by atoms with Gasteiger partial charge in [0.2, 0.25) is 5.91 Å². The standard InChI is InChI=1S/C9H12BrN3O/c1-2-7(11)9(14)13-8-3-4-12-5-6(8)10/h3-5,7H,2,11H2,1H3,(H,12,13,14)/t7-/m1/s1. The fourth-order valence-electron chi connectivity index (χ4n) is 0.887. The van der Waals surface area contributed by atoms with E-state index in [1.807, 2.05) is 6.92 Å². The van der Waals surface area contributed by atoms with Crippen molar-refractivity contribution in [2.45, 2.75) is 19.4 Å². The number of nitrogens with zero attached hydrogens (tertiary/aromatic N) is 1. The van der Waals surface area contributed by atoms with E-state index < -0.39 is 6.04 Å². The van der Waals surface area contributed by atoms with Crippen molar-refractivity contribution in [3.8, 4) is 0 Å². The monoisotopic (exact) mass is 257 g/mol. The van der Waals surface area contributed by atoms with Gasteiger partial charge in [0.25, 0.3) is 0 Å². The fraction of sp³-hybridized carbons (Fsp3) is 0.333. The summed E-state index contributed by atoms with van der Waals surface area (Å²) in [6, 6.07) is 1.25. The molecule has 4 nitrogen and oxygen atoms in total. The van der Waals surface area contributed by atoms with Gasteiger partial charge >= 0.3 is 0 Å². The Morgan fingerprint density at radius 1 is 1.79 bits per heavy atom. The highest BCUT2D eigenvalue weighted by Crippen LogP contribution is 2.19. The van der Waals surface area contributed by atoms with Gasteiger partial charge in [0.05, 0.1) is 16.2 Å². The predicted octanol–water partition coefficient (Wildman–Crippen LogP) is 1.52. The van der Waals surface area contributed by atoms with Crippen LogP contribution < -0.4 is 11.1 Å². The van der Waals surface area contributed by atoms with Gasteiger partial charge in [0.15, 0.2) is 0 Å². The van der Waals surface area contributed by atoms with Gasteiger partial charge in [-0.2, -0.15) is 0 Å². The number of amides is 1. The Hall–Kier alpha value is -0.940. The largest absolute Gasteiger partial charge is 0.324 e. The summed E-state index contributed by atoms with van der Waals surface area (Å²) in [4.78, 5) is 15.3. The minimum absolute atomic E-state index is 0.181. The molecule has 0 saturated heterocycles. The van der Waals surface area contributed by atoms with Crippen molar-refractivity contribution in [2.75, 3.05) is 5.32 Å². The van der Waals surface area contributed by atoms with Gasteiger partial charge in [0.1, 0.15) is 0 Å². The van der Waals surface area contributed by atoms with Gasteiger partial charge in [-0.25, -0.2) is 0 Å².